The molecule has 2 heteroatoms. The predicted octanol–water partition coefficient (Wildman–Crippen LogP) is 1.34. The molecular weight excluding hydrogens is 136 g/mol. The second-order valence-corrected chi connectivity index (χ2v) is 3.88. The zero-order valence-electron chi connectivity index (χ0n) is 7.54. The van der Waals surface area contributed by atoms with Gasteiger partial charge in [-0.3, -0.25) is 0 Å². The van der Waals surface area contributed by atoms with Gasteiger partial charge in [-0.1, -0.05) is 13.8 Å². The molecular formula is C9H16N2. The third kappa shape index (κ3) is 1.72. The molecule has 1 rings (SSSR count). The molecule has 1 heterocycles. The van der Waals surface area contributed by atoms with Crippen molar-refractivity contribution in [2.75, 3.05) is 20.1 Å². The van der Waals surface area contributed by atoms with E-state index in [1.807, 2.05) is 0 Å². The number of hydrogen-bond donors (Lipinski definition) is 0. The van der Waals surface area contributed by atoms with Gasteiger partial charge in [0.25, 0.3) is 0 Å². The Hall–Kier alpha value is -0.550. The summed E-state index contributed by atoms with van der Waals surface area (Å²) in [5.74, 6) is 1.41. The summed E-state index contributed by atoms with van der Waals surface area (Å²) in [5, 5.41) is 8.85. The first kappa shape index (κ1) is 8.55. The van der Waals surface area contributed by atoms with Crippen molar-refractivity contribution in [2.24, 2.45) is 17.8 Å². The van der Waals surface area contributed by atoms with Crippen LogP contribution in [0.1, 0.15) is 13.8 Å². The molecule has 0 radical (unpaired) electrons. The topological polar surface area (TPSA) is 27.0 Å². The summed E-state index contributed by atoms with van der Waals surface area (Å²) in [6.07, 6.45) is 0. The van der Waals surface area contributed by atoms with E-state index in [2.05, 4.69) is 31.9 Å². The lowest BCUT2D eigenvalue weighted by Gasteiger charge is -2.40. The second kappa shape index (κ2) is 3.23. The minimum atomic E-state index is 0.270. The van der Waals surface area contributed by atoms with E-state index in [1.165, 1.54) is 0 Å². The highest BCUT2D eigenvalue weighted by Gasteiger charge is 2.32. The Morgan fingerprint density at radius 2 is 2.00 bits per heavy atom. The Labute approximate surface area is 68.8 Å². The van der Waals surface area contributed by atoms with E-state index < -0.39 is 0 Å². The van der Waals surface area contributed by atoms with E-state index in [4.69, 9.17) is 5.26 Å². The summed E-state index contributed by atoms with van der Waals surface area (Å²) < 4.78 is 0. The number of nitrogens with zero attached hydrogens (tertiary/aromatic N) is 2. The van der Waals surface area contributed by atoms with Crippen LogP contribution in [0.3, 0.4) is 0 Å². The van der Waals surface area contributed by atoms with Crippen LogP contribution in [0.4, 0.5) is 0 Å². The monoisotopic (exact) mass is 152 g/mol. The number of rotatable bonds is 2. The molecule has 62 valence electrons. The molecule has 1 aliphatic heterocycles. The van der Waals surface area contributed by atoms with Crippen LogP contribution in [0, 0.1) is 29.1 Å². The molecule has 0 aromatic carbocycles. The third-order valence-electron chi connectivity index (χ3n) is 2.47. The Balaban J connectivity index is 2.40. The van der Waals surface area contributed by atoms with Gasteiger partial charge in [0, 0.05) is 19.0 Å². The molecule has 1 aliphatic rings. The van der Waals surface area contributed by atoms with E-state index in [1.54, 1.807) is 0 Å². The fraction of sp³-hybridized carbons (Fsp3) is 0.889. The van der Waals surface area contributed by atoms with E-state index in [0.29, 0.717) is 11.8 Å². The first-order valence-electron chi connectivity index (χ1n) is 4.23. The molecule has 11 heavy (non-hydrogen) atoms. The molecule has 0 aromatic heterocycles. The van der Waals surface area contributed by atoms with Gasteiger partial charge >= 0.3 is 0 Å². The van der Waals surface area contributed by atoms with E-state index in [0.717, 1.165) is 13.1 Å². The molecule has 2 nitrogen and oxygen atoms in total. The minimum absolute atomic E-state index is 0.270. The maximum absolute atomic E-state index is 8.85. The van der Waals surface area contributed by atoms with Gasteiger partial charge in [0.2, 0.25) is 0 Å². The van der Waals surface area contributed by atoms with Crippen molar-refractivity contribution < 1.29 is 0 Å². The Morgan fingerprint density at radius 3 is 2.27 bits per heavy atom. The molecule has 0 saturated carbocycles. The van der Waals surface area contributed by atoms with Crippen LogP contribution in [-0.2, 0) is 0 Å². The van der Waals surface area contributed by atoms with Crippen molar-refractivity contribution in [1.29, 1.82) is 5.26 Å². The lowest BCUT2D eigenvalue weighted by Crippen LogP contribution is -2.48. The van der Waals surface area contributed by atoms with Crippen molar-refractivity contribution in [3.05, 3.63) is 0 Å². The van der Waals surface area contributed by atoms with Gasteiger partial charge in [-0.15, -0.1) is 0 Å². The fourth-order valence-electron chi connectivity index (χ4n) is 1.77. The van der Waals surface area contributed by atoms with Gasteiger partial charge in [-0.05, 0) is 13.0 Å². The number of likely N-dealkylation sites (tertiary alicyclic amines) is 1. The molecule has 1 saturated heterocycles. The van der Waals surface area contributed by atoms with Crippen molar-refractivity contribution in [1.82, 2.24) is 4.90 Å². The molecule has 0 aliphatic carbocycles. The summed E-state index contributed by atoms with van der Waals surface area (Å²) >= 11 is 0. The van der Waals surface area contributed by atoms with Crippen LogP contribution in [0.5, 0.6) is 0 Å². The zero-order chi connectivity index (χ0) is 8.43. The quantitative estimate of drug-likeness (QED) is 0.597. The van der Waals surface area contributed by atoms with Crippen molar-refractivity contribution in [3.8, 4) is 6.07 Å². The molecule has 1 fully saturated rings. The summed E-state index contributed by atoms with van der Waals surface area (Å²) in [7, 11) is 2.10. The molecule has 0 amide bonds. The average Bonchev–Trinajstić information content (AvgIpc) is 1.85. The normalized spacial score (nSPS) is 22.8. The first-order valence-corrected chi connectivity index (χ1v) is 4.23. The summed E-state index contributed by atoms with van der Waals surface area (Å²) in [6.45, 7) is 6.48. The maximum Gasteiger partial charge on any atom is 0.0662 e. The Bertz CT molecular complexity index is 163. The second-order valence-electron chi connectivity index (χ2n) is 3.88. The summed E-state index contributed by atoms with van der Waals surface area (Å²) in [4.78, 5) is 2.26. The van der Waals surface area contributed by atoms with E-state index in [-0.39, 0.29) is 5.92 Å². The minimum Gasteiger partial charge on any atom is -0.306 e. The van der Waals surface area contributed by atoms with Crippen LogP contribution in [-0.4, -0.2) is 25.0 Å². The van der Waals surface area contributed by atoms with E-state index in [9.17, 15) is 0 Å². The fourth-order valence-corrected chi connectivity index (χ4v) is 1.77. The van der Waals surface area contributed by atoms with Crippen LogP contribution in [0.25, 0.3) is 0 Å². The smallest absolute Gasteiger partial charge is 0.0662 e. The summed E-state index contributed by atoms with van der Waals surface area (Å²) in [6, 6.07) is 2.40. The lowest BCUT2D eigenvalue weighted by atomic mass is 9.80. The highest BCUT2D eigenvalue weighted by molar-refractivity contribution is 4.95. The van der Waals surface area contributed by atoms with Crippen LogP contribution < -0.4 is 0 Å². The SMILES string of the molecule is CC(C)C(C#N)C1CN(C)C1. The van der Waals surface area contributed by atoms with Crippen LogP contribution in [0.2, 0.25) is 0 Å². The van der Waals surface area contributed by atoms with Gasteiger partial charge in [0.1, 0.15) is 0 Å². The van der Waals surface area contributed by atoms with Crippen molar-refractivity contribution >= 4 is 0 Å². The highest BCUT2D eigenvalue weighted by Crippen LogP contribution is 2.27. The first-order chi connectivity index (χ1) is 5.15. The van der Waals surface area contributed by atoms with Gasteiger partial charge in [0.05, 0.1) is 12.0 Å². The van der Waals surface area contributed by atoms with Crippen molar-refractivity contribution in [3.63, 3.8) is 0 Å². The molecule has 1 atom stereocenters. The van der Waals surface area contributed by atoms with Gasteiger partial charge in [-0.25, -0.2) is 0 Å². The molecule has 0 N–H and O–H groups in total. The predicted molar refractivity (Wildman–Crippen MR) is 44.9 cm³/mol. The van der Waals surface area contributed by atoms with Crippen LogP contribution in [0.15, 0.2) is 0 Å². The molecule has 1 unspecified atom stereocenters. The zero-order valence-corrected chi connectivity index (χ0v) is 7.54. The molecule has 0 bridgehead atoms. The van der Waals surface area contributed by atoms with Crippen molar-refractivity contribution in [2.45, 2.75) is 13.8 Å². The standard InChI is InChI=1S/C9H16N2/c1-7(2)9(4-10)8-5-11(3)6-8/h7-9H,5-6H2,1-3H3. The lowest BCUT2D eigenvalue weighted by molar-refractivity contribution is 0.0859. The highest BCUT2D eigenvalue weighted by atomic mass is 15.2. The van der Waals surface area contributed by atoms with Gasteiger partial charge in [-0.2, -0.15) is 5.26 Å². The summed E-state index contributed by atoms with van der Waals surface area (Å²) in [5.41, 5.74) is 0. The average molecular weight is 152 g/mol. The van der Waals surface area contributed by atoms with Crippen LogP contribution >= 0.6 is 0 Å². The Kier molecular flexibility index (Phi) is 2.51. The van der Waals surface area contributed by atoms with Gasteiger partial charge in [0.15, 0.2) is 0 Å². The Morgan fingerprint density at radius 1 is 1.45 bits per heavy atom. The maximum atomic E-state index is 8.85. The number of hydrogen-bond acceptors (Lipinski definition) is 2. The molecule has 0 spiro atoms. The largest absolute Gasteiger partial charge is 0.306 e. The van der Waals surface area contributed by atoms with E-state index >= 15 is 0 Å². The third-order valence-corrected chi connectivity index (χ3v) is 2.47. The van der Waals surface area contributed by atoms with Gasteiger partial charge < -0.3 is 4.90 Å². The number of nitriles is 1. The molecule has 0 aromatic rings.